The minimum Gasteiger partial charge on any atom is -0.459 e. The van der Waals surface area contributed by atoms with E-state index in [0.29, 0.717) is 5.56 Å². The van der Waals surface area contributed by atoms with E-state index in [4.69, 9.17) is 9.47 Å². The summed E-state index contributed by atoms with van der Waals surface area (Å²) >= 11 is 0. The summed E-state index contributed by atoms with van der Waals surface area (Å²) in [6.45, 7) is 4.88. The normalized spacial score (nSPS) is 13.0. The number of alkyl carbamates (subject to hydrolysis) is 1. The Kier molecular flexibility index (Phi) is 8.54. The highest BCUT2D eigenvalue weighted by Gasteiger charge is 2.48. The number of hydrogen-bond donors (Lipinski definition) is 1. The standard InChI is InChI=1S/C22H24F3NO7S/c1-21(2,3)32-20(28)26-18(19(27)31-14-16-7-5-4-6-8-16)13-15-9-11-17(12-10-15)33-34(29,30)22(23,24)25/h4-12,18H,13-14H2,1-3H3,(H,26,28). The second-order valence-corrected chi connectivity index (χ2v) is 9.66. The molecule has 0 aliphatic heterocycles. The van der Waals surface area contributed by atoms with Crippen molar-refractivity contribution in [3.8, 4) is 5.75 Å². The first-order valence-electron chi connectivity index (χ1n) is 9.96. The van der Waals surface area contributed by atoms with Crippen molar-refractivity contribution in [3.05, 3.63) is 65.7 Å². The van der Waals surface area contributed by atoms with E-state index in [1.165, 1.54) is 12.1 Å². The number of ether oxygens (including phenoxy) is 2. The monoisotopic (exact) mass is 503 g/mol. The molecule has 34 heavy (non-hydrogen) atoms. The molecule has 0 radical (unpaired) electrons. The van der Waals surface area contributed by atoms with Crippen LogP contribution < -0.4 is 9.50 Å². The first-order valence-corrected chi connectivity index (χ1v) is 11.4. The van der Waals surface area contributed by atoms with Gasteiger partial charge in [0.05, 0.1) is 0 Å². The number of carbonyl (C=O) groups is 2. The van der Waals surface area contributed by atoms with Crippen molar-refractivity contribution in [2.24, 2.45) is 0 Å². The minimum absolute atomic E-state index is 0.0474. The molecule has 1 N–H and O–H groups in total. The number of benzene rings is 2. The molecule has 186 valence electrons. The van der Waals surface area contributed by atoms with Gasteiger partial charge in [-0.1, -0.05) is 42.5 Å². The average molecular weight is 503 g/mol. The van der Waals surface area contributed by atoms with E-state index in [0.717, 1.165) is 17.7 Å². The lowest BCUT2D eigenvalue weighted by atomic mass is 10.1. The number of rotatable bonds is 8. The van der Waals surface area contributed by atoms with Crippen molar-refractivity contribution in [2.45, 2.75) is 51.0 Å². The van der Waals surface area contributed by atoms with Crippen molar-refractivity contribution in [1.29, 1.82) is 0 Å². The van der Waals surface area contributed by atoms with E-state index in [9.17, 15) is 31.2 Å². The Morgan fingerprint density at radius 2 is 1.53 bits per heavy atom. The lowest BCUT2D eigenvalue weighted by Crippen LogP contribution is -2.45. The van der Waals surface area contributed by atoms with Crippen molar-refractivity contribution in [2.75, 3.05) is 0 Å². The van der Waals surface area contributed by atoms with E-state index in [1.54, 1.807) is 51.1 Å². The Morgan fingerprint density at radius 1 is 0.941 bits per heavy atom. The van der Waals surface area contributed by atoms with E-state index < -0.39 is 45.1 Å². The van der Waals surface area contributed by atoms with Gasteiger partial charge in [-0.15, -0.1) is 0 Å². The van der Waals surface area contributed by atoms with Gasteiger partial charge in [0.1, 0.15) is 24.0 Å². The van der Waals surface area contributed by atoms with Gasteiger partial charge in [-0.05, 0) is 44.0 Å². The SMILES string of the molecule is CC(C)(C)OC(=O)NC(Cc1ccc(OS(=O)(=O)C(F)(F)F)cc1)C(=O)OCc1ccccc1. The lowest BCUT2D eigenvalue weighted by molar-refractivity contribution is -0.147. The molecule has 1 amide bonds. The van der Waals surface area contributed by atoms with Crippen LogP contribution in [-0.2, 0) is 37.4 Å². The molecule has 0 bridgehead atoms. The molecular weight excluding hydrogens is 479 g/mol. The van der Waals surface area contributed by atoms with E-state index in [1.807, 2.05) is 0 Å². The highest BCUT2D eigenvalue weighted by atomic mass is 32.2. The fourth-order valence-corrected chi connectivity index (χ4v) is 3.02. The third-order valence-electron chi connectivity index (χ3n) is 4.05. The van der Waals surface area contributed by atoms with Gasteiger partial charge in [0, 0.05) is 6.42 Å². The molecule has 12 heteroatoms. The van der Waals surface area contributed by atoms with Gasteiger partial charge in [0.25, 0.3) is 0 Å². The highest BCUT2D eigenvalue weighted by molar-refractivity contribution is 7.88. The zero-order valence-electron chi connectivity index (χ0n) is 18.6. The molecule has 2 aromatic rings. The number of alkyl halides is 3. The molecule has 0 saturated heterocycles. The fraction of sp³-hybridized carbons (Fsp3) is 0.364. The summed E-state index contributed by atoms with van der Waals surface area (Å²) in [6.07, 6.45) is -0.982. The van der Waals surface area contributed by atoms with Crippen LogP contribution in [0.15, 0.2) is 54.6 Å². The zero-order chi connectivity index (χ0) is 25.6. The van der Waals surface area contributed by atoms with Crippen LogP contribution in [0.2, 0.25) is 0 Å². The van der Waals surface area contributed by atoms with Crippen LogP contribution in [-0.4, -0.2) is 37.6 Å². The van der Waals surface area contributed by atoms with Gasteiger partial charge >= 0.3 is 27.7 Å². The van der Waals surface area contributed by atoms with Gasteiger partial charge in [0.2, 0.25) is 0 Å². The van der Waals surface area contributed by atoms with Crippen molar-refractivity contribution in [1.82, 2.24) is 5.32 Å². The zero-order valence-corrected chi connectivity index (χ0v) is 19.4. The summed E-state index contributed by atoms with van der Waals surface area (Å²) in [5.74, 6) is -1.33. The van der Waals surface area contributed by atoms with Crippen molar-refractivity contribution in [3.63, 3.8) is 0 Å². The fourth-order valence-electron chi connectivity index (χ4n) is 2.56. The van der Waals surface area contributed by atoms with Crippen LogP contribution in [0.1, 0.15) is 31.9 Å². The average Bonchev–Trinajstić information content (AvgIpc) is 2.71. The summed E-state index contributed by atoms with van der Waals surface area (Å²) in [7, 11) is -5.81. The Labute approximate surface area is 195 Å². The maximum absolute atomic E-state index is 12.7. The number of carbonyl (C=O) groups excluding carboxylic acids is 2. The van der Waals surface area contributed by atoms with Gasteiger partial charge < -0.3 is 19.0 Å². The molecular formula is C22H24F3NO7S. The topological polar surface area (TPSA) is 108 Å². The second-order valence-electron chi connectivity index (χ2n) is 8.12. The van der Waals surface area contributed by atoms with Crippen molar-refractivity contribution >= 4 is 22.2 Å². The number of hydrogen-bond acceptors (Lipinski definition) is 7. The highest BCUT2D eigenvalue weighted by Crippen LogP contribution is 2.27. The number of nitrogens with one attached hydrogen (secondary N) is 1. The van der Waals surface area contributed by atoms with Crippen LogP contribution >= 0.6 is 0 Å². The van der Waals surface area contributed by atoms with Crippen LogP contribution in [0.25, 0.3) is 0 Å². The molecule has 0 fully saturated rings. The van der Waals surface area contributed by atoms with E-state index >= 15 is 0 Å². The van der Waals surface area contributed by atoms with Crippen LogP contribution in [0, 0.1) is 0 Å². The molecule has 1 atom stereocenters. The summed E-state index contributed by atoms with van der Waals surface area (Å²) in [6, 6.07) is 12.1. The number of halogens is 3. The predicted octanol–water partition coefficient (Wildman–Crippen LogP) is 4.09. The molecule has 0 aliphatic rings. The third kappa shape index (κ3) is 8.58. The molecule has 2 aromatic carbocycles. The van der Waals surface area contributed by atoms with Gasteiger partial charge in [-0.2, -0.15) is 21.6 Å². The van der Waals surface area contributed by atoms with Crippen LogP contribution in [0.4, 0.5) is 18.0 Å². The van der Waals surface area contributed by atoms with Crippen molar-refractivity contribution < 1.29 is 44.8 Å². The van der Waals surface area contributed by atoms with Gasteiger partial charge in [0.15, 0.2) is 0 Å². The predicted molar refractivity (Wildman–Crippen MR) is 115 cm³/mol. The Hall–Kier alpha value is -3.28. The minimum atomic E-state index is -5.81. The summed E-state index contributed by atoms with van der Waals surface area (Å²) in [4.78, 5) is 24.9. The lowest BCUT2D eigenvalue weighted by Gasteiger charge is -2.23. The molecule has 8 nitrogen and oxygen atoms in total. The van der Waals surface area contributed by atoms with Crippen LogP contribution in [0.5, 0.6) is 5.75 Å². The molecule has 2 rings (SSSR count). The molecule has 0 aliphatic carbocycles. The van der Waals surface area contributed by atoms with E-state index in [2.05, 4.69) is 9.50 Å². The van der Waals surface area contributed by atoms with Gasteiger partial charge in [-0.25, -0.2) is 9.59 Å². The quantitative estimate of drug-likeness (QED) is 0.328. The smallest absolute Gasteiger partial charge is 0.459 e. The first-order chi connectivity index (χ1) is 15.7. The molecule has 0 heterocycles. The number of amides is 1. The first kappa shape index (κ1) is 27.0. The summed E-state index contributed by atoms with van der Waals surface area (Å²) in [5.41, 5.74) is -5.30. The molecule has 1 unspecified atom stereocenters. The largest absolute Gasteiger partial charge is 0.534 e. The summed E-state index contributed by atoms with van der Waals surface area (Å²) in [5, 5.41) is 2.42. The maximum atomic E-state index is 12.7. The van der Waals surface area contributed by atoms with E-state index in [-0.39, 0.29) is 13.0 Å². The molecule has 0 spiro atoms. The molecule has 0 saturated carbocycles. The number of esters is 1. The van der Waals surface area contributed by atoms with Gasteiger partial charge in [-0.3, -0.25) is 0 Å². The Balaban J connectivity index is 2.13. The Morgan fingerprint density at radius 3 is 2.06 bits per heavy atom. The third-order valence-corrected chi connectivity index (χ3v) is 5.03. The summed E-state index contributed by atoms with van der Waals surface area (Å²) < 4.78 is 74.2. The maximum Gasteiger partial charge on any atom is 0.534 e. The second kappa shape index (κ2) is 10.8. The van der Waals surface area contributed by atoms with Crippen LogP contribution in [0.3, 0.4) is 0 Å². The molecule has 0 aromatic heterocycles. The Bertz CT molecular complexity index is 1080.